The van der Waals surface area contributed by atoms with Gasteiger partial charge in [0.2, 0.25) is 11.8 Å². The lowest BCUT2D eigenvalue weighted by molar-refractivity contribution is -0.120. The van der Waals surface area contributed by atoms with Crippen molar-refractivity contribution in [2.45, 2.75) is 45.6 Å². The number of hydrogen-bond donors (Lipinski definition) is 2. The van der Waals surface area contributed by atoms with Crippen molar-refractivity contribution in [2.24, 2.45) is 0 Å². The Balaban J connectivity index is 1.61. The minimum atomic E-state index is -0.635. The summed E-state index contributed by atoms with van der Waals surface area (Å²) >= 11 is 0. The third kappa shape index (κ3) is 3.48. The number of H-pyrrole nitrogens is 1. The summed E-state index contributed by atoms with van der Waals surface area (Å²) in [5, 5.41) is 8.08. The third-order valence-corrected chi connectivity index (χ3v) is 4.03. The fraction of sp³-hybridized carbons (Fsp3) is 0.389. The normalized spacial score (nSPS) is 11.8. The summed E-state index contributed by atoms with van der Waals surface area (Å²) in [7, 11) is 0. The number of aromatic amines is 1. The molecule has 3 rings (SSSR count). The van der Waals surface area contributed by atoms with Crippen molar-refractivity contribution in [3.05, 3.63) is 47.7 Å². The number of amides is 1. The molecular formula is C18H22N4O2. The van der Waals surface area contributed by atoms with E-state index in [1.165, 1.54) is 17.9 Å². The van der Waals surface area contributed by atoms with Crippen molar-refractivity contribution in [3.63, 3.8) is 0 Å². The first-order valence-corrected chi connectivity index (χ1v) is 8.12. The molecule has 2 N–H and O–H groups in total. The minimum absolute atomic E-state index is 0.120. The first-order valence-electron chi connectivity index (χ1n) is 8.12. The summed E-state index contributed by atoms with van der Waals surface area (Å²) in [6, 6.07) is 8.28. The number of fused-ring (bicyclic) bond motifs is 1. The van der Waals surface area contributed by atoms with Gasteiger partial charge in [-0.05, 0) is 38.3 Å². The van der Waals surface area contributed by atoms with Gasteiger partial charge in [0.1, 0.15) is 0 Å². The first kappa shape index (κ1) is 16.2. The Morgan fingerprint density at radius 2 is 2.08 bits per heavy atom. The number of carbonyl (C=O) groups excluding carboxylic acids is 1. The maximum Gasteiger partial charge on any atom is 0.226 e. The van der Waals surface area contributed by atoms with E-state index in [4.69, 9.17) is 4.52 Å². The predicted molar refractivity (Wildman–Crippen MR) is 91.5 cm³/mol. The number of aromatic nitrogens is 3. The van der Waals surface area contributed by atoms with Crippen LogP contribution in [0.2, 0.25) is 0 Å². The standard InChI is InChI=1S/C18H22N4O2/c1-12(23)21-18(2,3)17-20-16(24-22-17)10-6-7-13-11-19-15-9-5-4-8-14(13)15/h4-5,8-9,11,19H,6-7,10H2,1-3H3,(H,21,23). The van der Waals surface area contributed by atoms with Gasteiger partial charge in [0.15, 0.2) is 5.82 Å². The predicted octanol–water partition coefficient (Wildman–Crippen LogP) is 3.10. The number of nitrogens with zero attached hydrogens (tertiary/aromatic N) is 2. The zero-order valence-electron chi connectivity index (χ0n) is 14.2. The monoisotopic (exact) mass is 326 g/mol. The first-order chi connectivity index (χ1) is 11.5. The number of para-hydroxylation sites is 1. The largest absolute Gasteiger partial charge is 0.361 e. The van der Waals surface area contributed by atoms with E-state index in [9.17, 15) is 4.79 Å². The topological polar surface area (TPSA) is 83.8 Å². The summed E-state index contributed by atoms with van der Waals surface area (Å²) in [6.45, 7) is 5.19. The Kier molecular flexibility index (Phi) is 4.38. The third-order valence-electron chi connectivity index (χ3n) is 4.03. The van der Waals surface area contributed by atoms with Crippen LogP contribution in [0, 0.1) is 0 Å². The van der Waals surface area contributed by atoms with Crippen molar-refractivity contribution >= 4 is 16.8 Å². The molecule has 0 aliphatic heterocycles. The fourth-order valence-corrected chi connectivity index (χ4v) is 2.87. The molecule has 0 saturated heterocycles. The van der Waals surface area contributed by atoms with Crippen molar-refractivity contribution in [2.75, 3.05) is 0 Å². The molecule has 0 atom stereocenters. The molecule has 0 bridgehead atoms. The van der Waals surface area contributed by atoms with Crippen molar-refractivity contribution in [1.82, 2.24) is 20.4 Å². The van der Waals surface area contributed by atoms with E-state index in [2.05, 4.69) is 38.8 Å². The van der Waals surface area contributed by atoms with Crippen molar-refractivity contribution in [3.8, 4) is 0 Å². The van der Waals surface area contributed by atoms with E-state index in [1.807, 2.05) is 26.0 Å². The Labute approximate surface area is 140 Å². The molecule has 0 aliphatic rings. The molecule has 0 radical (unpaired) electrons. The van der Waals surface area contributed by atoms with E-state index in [0.29, 0.717) is 18.1 Å². The summed E-state index contributed by atoms with van der Waals surface area (Å²) < 4.78 is 5.32. The Bertz CT molecular complexity index is 847. The van der Waals surface area contributed by atoms with E-state index >= 15 is 0 Å². The van der Waals surface area contributed by atoms with Gasteiger partial charge in [0, 0.05) is 30.4 Å². The maximum atomic E-state index is 11.2. The average molecular weight is 326 g/mol. The second kappa shape index (κ2) is 6.47. The molecule has 0 aliphatic carbocycles. The molecule has 1 aromatic carbocycles. The van der Waals surface area contributed by atoms with Crippen LogP contribution in [-0.2, 0) is 23.2 Å². The molecule has 2 aromatic heterocycles. The molecule has 0 unspecified atom stereocenters. The van der Waals surface area contributed by atoms with Crippen LogP contribution in [0.5, 0.6) is 0 Å². The zero-order chi connectivity index (χ0) is 17.2. The molecular weight excluding hydrogens is 304 g/mol. The molecule has 0 saturated carbocycles. The number of hydrogen-bond acceptors (Lipinski definition) is 4. The quantitative estimate of drug-likeness (QED) is 0.729. The highest BCUT2D eigenvalue weighted by Gasteiger charge is 2.27. The van der Waals surface area contributed by atoms with Crippen LogP contribution in [0.3, 0.4) is 0 Å². The van der Waals surface area contributed by atoms with Crippen molar-refractivity contribution < 1.29 is 9.32 Å². The highest BCUT2D eigenvalue weighted by Crippen LogP contribution is 2.20. The van der Waals surface area contributed by atoms with Gasteiger partial charge >= 0.3 is 0 Å². The van der Waals surface area contributed by atoms with Crippen LogP contribution in [0.4, 0.5) is 0 Å². The molecule has 6 nitrogen and oxygen atoms in total. The van der Waals surface area contributed by atoms with Crippen LogP contribution >= 0.6 is 0 Å². The van der Waals surface area contributed by atoms with E-state index in [1.54, 1.807) is 0 Å². The number of aryl methyl sites for hydroxylation is 2. The van der Waals surface area contributed by atoms with E-state index in [-0.39, 0.29) is 5.91 Å². The molecule has 6 heteroatoms. The molecule has 0 fully saturated rings. The van der Waals surface area contributed by atoms with Crippen LogP contribution in [0.25, 0.3) is 10.9 Å². The maximum absolute atomic E-state index is 11.2. The van der Waals surface area contributed by atoms with Gasteiger partial charge in [-0.3, -0.25) is 4.79 Å². The lowest BCUT2D eigenvalue weighted by Gasteiger charge is -2.20. The molecule has 3 aromatic rings. The summed E-state index contributed by atoms with van der Waals surface area (Å²) in [5.41, 5.74) is 1.82. The Morgan fingerprint density at radius 3 is 2.88 bits per heavy atom. The Morgan fingerprint density at radius 1 is 1.29 bits per heavy atom. The number of nitrogens with one attached hydrogen (secondary N) is 2. The molecule has 2 heterocycles. The van der Waals surface area contributed by atoms with Gasteiger partial charge < -0.3 is 14.8 Å². The molecule has 126 valence electrons. The number of benzene rings is 1. The van der Waals surface area contributed by atoms with Crippen LogP contribution in [-0.4, -0.2) is 21.0 Å². The van der Waals surface area contributed by atoms with E-state index < -0.39 is 5.54 Å². The second-order valence-corrected chi connectivity index (χ2v) is 6.53. The van der Waals surface area contributed by atoms with Gasteiger partial charge in [-0.15, -0.1) is 0 Å². The molecule has 24 heavy (non-hydrogen) atoms. The van der Waals surface area contributed by atoms with Crippen LogP contribution in [0.1, 0.15) is 44.5 Å². The van der Waals surface area contributed by atoms with E-state index in [0.717, 1.165) is 18.4 Å². The van der Waals surface area contributed by atoms with Crippen LogP contribution < -0.4 is 5.32 Å². The highest BCUT2D eigenvalue weighted by molar-refractivity contribution is 5.83. The minimum Gasteiger partial charge on any atom is -0.361 e. The van der Waals surface area contributed by atoms with Gasteiger partial charge in [0.25, 0.3) is 0 Å². The lowest BCUT2D eigenvalue weighted by Crippen LogP contribution is -2.40. The number of carbonyl (C=O) groups is 1. The Hall–Kier alpha value is -2.63. The van der Waals surface area contributed by atoms with Gasteiger partial charge in [-0.2, -0.15) is 4.98 Å². The second-order valence-electron chi connectivity index (χ2n) is 6.53. The highest BCUT2D eigenvalue weighted by atomic mass is 16.5. The van der Waals surface area contributed by atoms with Crippen molar-refractivity contribution in [1.29, 1.82) is 0 Å². The average Bonchev–Trinajstić information content (AvgIpc) is 3.14. The summed E-state index contributed by atoms with van der Waals surface area (Å²) in [6.07, 6.45) is 4.63. The lowest BCUT2D eigenvalue weighted by atomic mass is 10.0. The smallest absolute Gasteiger partial charge is 0.226 e. The molecule has 0 spiro atoms. The van der Waals surface area contributed by atoms with Crippen LogP contribution in [0.15, 0.2) is 35.0 Å². The van der Waals surface area contributed by atoms with Gasteiger partial charge in [-0.25, -0.2) is 0 Å². The summed E-state index contributed by atoms with van der Waals surface area (Å²) in [4.78, 5) is 19.0. The molecule has 1 amide bonds. The summed E-state index contributed by atoms with van der Waals surface area (Å²) in [5.74, 6) is 0.980. The van der Waals surface area contributed by atoms with Gasteiger partial charge in [-0.1, -0.05) is 23.4 Å². The van der Waals surface area contributed by atoms with Gasteiger partial charge in [0.05, 0.1) is 5.54 Å². The SMILES string of the molecule is CC(=O)NC(C)(C)c1noc(CCCc2c[nH]c3ccccc23)n1. The number of rotatable bonds is 6. The zero-order valence-corrected chi connectivity index (χ0v) is 14.2. The fourth-order valence-electron chi connectivity index (χ4n) is 2.87.